The van der Waals surface area contributed by atoms with E-state index in [0.717, 1.165) is 42.2 Å². The van der Waals surface area contributed by atoms with Gasteiger partial charge >= 0.3 is 11.6 Å². The minimum Gasteiger partial charge on any atom is -0.489 e. The van der Waals surface area contributed by atoms with E-state index in [9.17, 15) is 14.4 Å². The van der Waals surface area contributed by atoms with Crippen LogP contribution in [0.3, 0.4) is 0 Å². The second kappa shape index (κ2) is 9.68. The first-order valence-electron chi connectivity index (χ1n) is 10.7. The molecule has 0 atom stereocenters. The van der Waals surface area contributed by atoms with Crippen LogP contribution in [-0.4, -0.2) is 24.5 Å². The lowest BCUT2D eigenvalue weighted by atomic mass is 10.1. The lowest BCUT2D eigenvalue weighted by Gasteiger charge is -2.12. The number of aryl methyl sites for hydroxylation is 1. The zero-order valence-corrected chi connectivity index (χ0v) is 17.9. The highest BCUT2D eigenvalue weighted by atomic mass is 16.5. The molecule has 7 heteroatoms. The van der Waals surface area contributed by atoms with Crippen LogP contribution in [0.4, 0.5) is 0 Å². The number of ether oxygens (including phenoxy) is 2. The van der Waals surface area contributed by atoms with Gasteiger partial charge in [-0.25, -0.2) is 9.59 Å². The Bertz CT molecular complexity index is 1180. The summed E-state index contributed by atoms with van der Waals surface area (Å²) in [6.45, 7) is 1.85. The van der Waals surface area contributed by atoms with Crippen molar-refractivity contribution in [2.45, 2.75) is 45.3 Å². The van der Waals surface area contributed by atoms with Crippen LogP contribution in [0.5, 0.6) is 5.75 Å². The van der Waals surface area contributed by atoms with Crippen LogP contribution in [0.25, 0.3) is 11.0 Å². The van der Waals surface area contributed by atoms with Crippen LogP contribution in [-0.2, 0) is 16.1 Å². The fraction of sp³-hybridized carbons (Fsp3) is 0.320. The zero-order valence-electron chi connectivity index (χ0n) is 17.9. The number of rotatable bonds is 7. The average Bonchev–Trinajstić information content (AvgIpc) is 3.29. The van der Waals surface area contributed by atoms with Crippen LogP contribution in [0.1, 0.15) is 47.2 Å². The molecule has 3 aromatic rings. The molecule has 1 amide bonds. The van der Waals surface area contributed by atoms with Crippen molar-refractivity contribution >= 4 is 22.8 Å². The van der Waals surface area contributed by atoms with E-state index < -0.39 is 11.6 Å². The van der Waals surface area contributed by atoms with Crippen LogP contribution in [0.2, 0.25) is 0 Å². The number of carbonyl (C=O) groups excluding carboxylic acids is 2. The Labute approximate surface area is 185 Å². The van der Waals surface area contributed by atoms with Crippen molar-refractivity contribution in [3.8, 4) is 5.75 Å². The fourth-order valence-corrected chi connectivity index (χ4v) is 3.85. The SMILES string of the molecule is Cc1cc(=O)oc2cc(OCc3ccc(C(=O)OCC(=O)NC4CCCC4)cc3)ccc12. The highest BCUT2D eigenvalue weighted by molar-refractivity contribution is 5.91. The standard InChI is InChI=1S/C25H25NO6/c1-16-12-24(28)32-22-13-20(10-11-21(16)22)30-14-17-6-8-18(9-7-17)25(29)31-15-23(27)26-19-4-2-3-5-19/h6-13,19H,2-5,14-15H2,1H3,(H,26,27). The van der Waals surface area contributed by atoms with Gasteiger partial charge in [-0.05, 0) is 55.2 Å². The number of amides is 1. The Balaban J connectivity index is 1.29. The van der Waals surface area contributed by atoms with Crippen molar-refractivity contribution in [3.63, 3.8) is 0 Å². The quantitative estimate of drug-likeness (QED) is 0.447. The molecule has 1 fully saturated rings. The van der Waals surface area contributed by atoms with Crippen molar-refractivity contribution in [2.24, 2.45) is 0 Å². The van der Waals surface area contributed by atoms with Crippen molar-refractivity contribution in [2.75, 3.05) is 6.61 Å². The molecule has 2 aromatic carbocycles. The molecule has 0 bridgehead atoms. The third-order valence-electron chi connectivity index (χ3n) is 5.57. The van der Waals surface area contributed by atoms with E-state index in [-0.39, 0.29) is 25.2 Å². The number of fused-ring (bicyclic) bond motifs is 1. The molecule has 1 N–H and O–H groups in total. The molecule has 4 rings (SSSR count). The van der Waals surface area contributed by atoms with Gasteiger partial charge in [0, 0.05) is 23.6 Å². The molecule has 0 saturated heterocycles. The van der Waals surface area contributed by atoms with Crippen LogP contribution < -0.4 is 15.7 Å². The summed E-state index contributed by atoms with van der Waals surface area (Å²) in [6.07, 6.45) is 4.21. The predicted molar refractivity (Wildman–Crippen MR) is 119 cm³/mol. The van der Waals surface area contributed by atoms with Crippen LogP contribution in [0, 0.1) is 6.92 Å². The summed E-state index contributed by atoms with van der Waals surface area (Å²) in [5, 5.41) is 3.75. The molecule has 1 heterocycles. The first-order chi connectivity index (χ1) is 15.5. The Morgan fingerprint density at radius 2 is 1.81 bits per heavy atom. The molecule has 166 valence electrons. The van der Waals surface area contributed by atoms with Crippen molar-refractivity contribution in [1.29, 1.82) is 0 Å². The van der Waals surface area contributed by atoms with Gasteiger partial charge in [0.2, 0.25) is 0 Å². The summed E-state index contributed by atoms with van der Waals surface area (Å²) in [5.41, 5.74) is 2.14. The number of carbonyl (C=O) groups is 2. The van der Waals surface area contributed by atoms with Gasteiger partial charge in [-0.1, -0.05) is 25.0 Å². The summed E-state index contributed by atoms with van der Waals surface area (Å²) in [7, 11) is 0. The van der Waals surface area contributed by atoms with Crippen LogP contribution >= 0.6 is 0 Å². The minimum absolute atomic E-state index is 0.197. The van der Waals surface area contributed by atoms with Gasteiger partial charge in [-0.15, -0.1) is 0 Å². The third-order valence-corrected chi connectivity index (χ3v) is 5.57. The summed E-state index contributed by atoms with van der Waals surface area (Å²) >= 11 is 0. The predicted octanol–water partition coefficient (Wildman–Crippen LogP) is 3.90. The summed E-state index contributed by atoms with van der Waals surface area (Å²) in [6, 6.07) is 13.8. The van der Waals surface area contributed by atoms with E-state index in [0.29, 0.717) is 16.9 Å². The highest BCUT2D eigenvalue weighted by Gasteiger charge is 2.18. The largest absolute Gasteiger partial charge is 0.489 e. The minimum atomic E-state index is -0.543. The number of hydrogen-bond acceptors (Lipinski definition) is 6. The van der Waals surface area contributed by atoms with Gasteiger partial charge in [0.1, 0.15) is 17.9 Å². The molecule has 0 unspecified atom stereocenters. The maximum absolute atomic E-state index is 12.2. The fourth-order valence-electron chi connectivity index (χ4n) is 3.85. The summed E-state index contributed by atoms with van der Waals surface area (Å²) in [4.78, 5) is 35.7. The molecule has 0 aliphatic heterocycles. The van der Waals surface area contributed by atoms with E-state index in [1.165, 1.54) is 6.07 Å². The molecule has 1 saturated carbocycles. The maximum atomic E-state index is 12.2. The van der Waals surface area contributed by atoms with E-state index >= 15 is 0 Å². The molecule has 1 aromatic heterocycles. The summed E-state index contributed by atoms with van der Waals surface area (Å²) < 4.78 is 16.1. The smallest absolute Gasteiger partial charge is 0.338 e. The Morgan fingerprint density at radius 1 is 1.06 bits per heavy atom. The van der Waals surface area contributed by atoms with Gasteiger partial charge in [0.05, 0.1) is 5.56 Å². The normalized spacial score (nSPS) is 13.8. The van der Waals surface area contributed by atoms with E-state index in [1.54, 1.807) is 30.3 Å². The third kappa shape index (κ3) is 5.35. The zero-order chi connectivity index (χ0) is 22.5. The number of benzene rings is 2. The lowest BCUT2D eigenvalue weighted by Crippen LogP contribution is -2.35. The van der Waals surface area contributed by atoms with E-state index in [1.807, 2.05) is 19.1 Å². The monoisotopic (exact) mass is 435 g/mol. The topological polar surface area (TPSA) is 94.8 Å². The molecule has 1 aliphatic carbocycles. The van der Waals surface area contributed by atoms with Gasteiger partial charge in [0.25, 0.3) is 5.91 Å². The maximum Gasteiger partial charge on any atom is 0.338 e. The van der Waals surface area contributed by atoms with Gasteiger partial charge in [-0.2, -0.15) is 0 Å². The van der Waals surface area contributed by atoms with Crippen molar-refractivity contribution in [1.82, 2.24) is 5.32 Å². The molecule has 7 nitrogen and oxygen atoms in total. The van der Waals surface area contributed by atoms with Gasteiger partial charge in [0.15, 0.2) is 6.61 Å². The van der Waals surface area contributed by atoms with Crippen molar-refractivity contribution in [3.05, 3.63) is 75.6 Å². The lowest BCUT2D eigenvalue weighted by molar-refractivity contribution is -0.124. The Kier molecular flexibility index (Phi) is 6.54. The van der Waals surface area contributed by atoms with Crippen LogP contribution in [0.15, 0.2) is 57.7 Å². The van der Waals surface area contributed by atoms with Crippen molar-refractivity contribution < 1.29 is 23.5 Å². The van der Waals surface area contributed by atoms with E-state index in [4.69, 9.17) is 13.9 Å². The first kappa shape index (κ1) is 21.6. The highest BCUT2D eigenvalue weighted by Crippen LogP contribution is 2.23. The molecular formula is C25H25NO6. The number of esters is 1. The molecule has 1 aliphatic rings. The number of hydrogen-bond donors (Lipinski definition) is 1. The van der Waals surface area contributed by atoms with Gasteiger partial charge < -0.3 is 19.2 Å². The number of nitrogens with one attached hydrogen (secondary N) is 1. The first-order valence-corrected chi connectivity index (χ1v) is 10.7. The summed E-state index contributed by atoms with van der Waals surface area (Å²) in [5.74, 6) is -0.237. The average molecular weight is 435 g/mol. The second-order valence-corrected chi connectivity index (χ2v) is 8.02. The molecule has 0 spiro atoms. The molecule has 32 heavy (non-hydrogen) atoms. The molecular weight excluding hydrogens is 410 g/mol. The Hall–Kier alpha value is -3.61. The molecule has 0 radical (unpaired) electrons. The second-order valence-electron chi connectivity index (χ2n) is 8.02. The van der Waals surface area contributed by atoms with E-state index in [2.05, 4.69) is 5.32 Å². The Morgan fingerprint density at radius 3 is 2.56 bits per heavy atom. The van der Waals surface area contributed by atoms with Gasteiger partial charge in [-0.3, -0.25) is 4.79 Å².